The van der Waals surface area contributed by atoms with Gasteiger partial charge in [0.05, 0.1) is 16.9 Å². The summed E-state index contributed by atoms with van der Waals surface area (Å²) >= 11 is 6.15. The van der Waals surface area contributed by atoms with E-state index in [0.29, 0.717) is 11.3 Å². The van der Waals surface area contributed by atoms with Crippen LogP contribution in [0.25, 0.3) is 0 Å². The lowest BCUT2D eigenvalue weighted by Crippen LogP contribution is -2.28. The Balaban J connectivity index is 2.23. The third-order valence-corrected chi connectivity index (χ3v) is 4.02. The zero-order valence-corrected chi connectivity index (χ0v) is 12.7. The number of hydrogen-bond acceptors (Lipinski definition) is 5. The lowest BCUT2D eigenvalue weighted by Gasteiger charge is -2.24. The Hall–Kier alpha value is -2.67. The van der Waals surface area contributed by atoms with Crippen molar-refractivity contribution >= 4 is 23.3 Å². The van der Waals surface area contributed by atoms with E-state index in [4.69, 9.17) is 16.3 Å². The van der Waals surface area contributed by atoms with Gasteiger partial charge in [-0.25, -0.2) is 0 Å². The molecule has 23 heavy (non-hydrogen) atoms. The molecule has 1 aromatic carbocycles. The van der Waals surface area contributed by atoms with Crippen LogP contribution in [0.5, 0.6) is 5.75 Å². The first-order valence-corrected chi connectivity index (χ1v) is 7.13. The molecule has 0 saturated carbocycles. The number of aryl methyl sites for hydroxylation is 1. The van der Waals surface area contributed by atoms with Crippen molar-refractivity contribution in [3.8, 4) is 5.75 Å². The fraction of sp³-hybridized carbons (Fsp3) is 0.200. The van der Waals surface area contributed by atoms with Gasteiger partial charge in [-0.3, -0.25) is 19.7 Å². The van der Waals surface area contributed by atoms with Crippen LogP contribution in [0.2, 0.25) is 5.02 Å². The molecular weight excluding hydrogens is 324 g/mol. The first kappa shape index (κ1) is 15.2. The Morgan fingerprint density at radius 3 is 2.78 bits per heavy atom. The topological polar surface area (TPSA) is 102 Å². The molecule has 0 saturated heterocycles. The summed E-state index contributed by atoms with van der Waals surface area (Å²) in [5.74, 6) is -1.05. The van der Waals surface area contributed by atoms with Crippen LogP contribution in [0, 0.1) is 17.0 Å². The SMILES string of the molecule is Cc1cc2c(c(=O)[nH]1)[C@@H](c1cc([N+](=O)[O-])ccc1Cl)CC(=O)O2. The predicted octanol–water partition coefficient (Wildman–Crippen LogP) is 2.69. The third-order valence-electron chi connectivity index (χ3n) is 3.68. The maximum absolute atomic E-state index is 12.3. The Labute approximate surface area is 135 Å². The number of aromatic nitrogens is 1. The molecule has 8 heteroatoms. The van der Waals surface area contributed by atoms with Gasteiger partial charge in [0.15, 0.2) is 0 Å². The lowest BCUT2D eigenvalue weighted by molar-refractivity contribution is -0.384. The van der Waals surface area contributed by atoms with Crippen molar-refractivity contribution < 1.29 is 14.5 Å². The minimum absolute atomic E-state index is 0.111. The van der Waals surface area contributed by atoms with Crippen LogP contribution in [0.15, 0.2) is 29.1 Å². The molecule has 7 nitrogen and oxygen atoms in total. The smallest absolute Gasteiger partial charge is 0.312 e. The second kappa shape index (κ2) is 5.51. The number of non-ortho nitro benzene ring substituents is 1. The monoisotopic (exact) mass is 334 g/mol. The highest BCUT2D eigenvalue weighted by Gasteiger charge is 2.33. The number of nitro benzene ring substituents is 1. The van der Waals surface area contributed by atoms with Crippen LogP contribution in [0.3, 0.4) is 0 Å². The number of nitrogens with zero attached hydrogens (tertiary/aromatic N) is 1. The molecule has 1 aliphatic rings. The Bertz CT molecular complexity index is 890. The standard InChI is InChI=1S/C15H11ClN2O5/c1-7-4-12-14(15(20)17-7)10(6-13(19)23-12)9-5-8(18(21)22)2-3-11(9)16/h2-5,10H,6H2,1H3,(H,17,20)/t10-/m1/s1. The highest BCUT2D eigenvalue weighted by Crippen LogP contribution is 2.40. The molecule has 0 spiro atoms. The number of hydrogen-bond donors (Lipinski definition) is 1. The van der Waals surface area contributed by atoms with Gasteiger partial charge in [0.2, 0.25) is 0 Å². The number of nitro groups is 1. The lowest BCUT2D eigenvalue weighted by atomic mass is 9.86. The number of carbonyl (C=O) groups excluding carboxylic acids is 1. The van der Waals surface area contributed by atoms with Gasteiger partial charge in [0.25, 0.3) is 11.2 Å². The van der Waals surface area contributed by atoms with Crippen LogP contribution < -0.4 is 10.3 Å². The molecule has 1 aliphatic heterocycles. The maximum Gasteiger partial charge on any atom is 0.312 e. The Morgan fingerprint density at radius 2 is 2.09 bits per heavy atom. The average Bonchev–Trinajstić information content (AvgIpc) is 2.45. The minimum atomic E-state index is -0.692. The summed E-state index contributed by atoms with van der Waals surface area (Å²) in [6.45, 7) is 1.67. The number of halogens is 1. The number of H-pyrrole nitrogens is 1. The molecule has 0 amide bonds. The molecule has 0 radical (unpaired) electrons. The van der Waals surface area contributed by atoms with E-state index in [9.17, 15) is 19.7 Å². The van der Waals surface area contributed by atoms with E-state index in [0.717, 1.165) is 0 Å². The van der Waals surface area contributed by atoms with Crippen LogP contribution in [0.4, 0.5) is 5.69 Å². The van der Waals surface area contributed by atoms with E-state index < -0.39 is 22.4 Å². The number of esters is 1. The number of fused-ring (bicyclic) bond motifs is 1. The van der Waals surface area contributed by atoms with Crippen LogP contribution in [0.1, 0.15) is 29.2 Å². The van der Waals surface area contributed by atoms with E-state index in [1.807, 2.05) is 0 Å². The molecule has 2 aromatic rings. The second-order valence-corrected chi connectivity index (χ2v) is 5.66. The molecule has 3 rings (SSSR count). The summed E-state index contributed by atoms with van der Waals surface area (Å²) in [6.07, 6.45) is -0.111. The van der Waals surface area contributed by atoms with Crippen molar-refractivity contribution in [3.63, 3.8) is 0 Å². The van der Waals surface area contributed by atoms with E-state index in [1.165, 1.54) is 18.2 Å². The number of benzene rings is 1. The first-order chi connectivity index (χ1) is 10.9. The summed E-state index contributed by atoms with van der Waals surface area (Å²) in [4.78, 5) is 37.2. The normalized spacial score (nSPS) is 16.6. The molecule has 1 aromatic heterocycles. The van der Waals surface area contributed by atoms with Crippen molar-refractivity contribution in [1.82, 2.24) is 4.98 Å². The molecule has 1 atom stereocenters. The molecule has 0 aliphatic carbocycles. The van der Waals surface area contributed by atoms with Gasteiger partial charge in [-0.05, 0) is 18.6 Å². The quantitative estimate of drug-likeness (QED) is 0.516. The second-order valence-electron chi connectivity index (χ2n) is 5.25. The summed E-state index contributed by atoms with van der Waals surface area (Å²) in [6, 6.07) is 5.49. The van der Waals surface area contributed by atoms with Gasteiger partial charge >= 0.3 is 5.97 Å². The van der Waals surface area contributed by atoms with Crippen LogP contribution in [-0.2, 0) is 4.79 Å². The number of ether oxygens (including phenoxy) is 1. The number of carbonyl (C=O) groups is 1. The summed E-state index contributed by atoms with van der Waals surface area (Å²) in [5.41, 5.74) is 0.589. The average molecular weight is 335 g/mol. The van der Waals surface area contributed by atoms with Gasteiger partial charge in [-0.1, -0.05) is 11.6 Å². The maximum atomic E-state index is 12.3. The van der Waals surface area contributed by atoms with Gasteiger partial charge in [-0.2, -0.15) is 0 Å². The summed E-state index contributed by atoms with van der Waals surface area (Å²) in [5, 5.41) is 11.2. The van der Waals surface area contributed by atoms with Crippen molar-refractivity contribution in [1.29, 1.82) is 0 Å². The Morgan fingerprint density at radius 1 is 1.35 bits per heavy atom. The largest absolute Gasteiger partial charge is 0.426 e. The number of nitrogens with one attached hydrogen (secondary N) is 1. The highest BCUT2D eigenvalue weighted by molar-refractivity contribution is 6.31. The van der Waals surface area contributed by atoms with Gasteiger partial charge in [0.1, 0.15) is 5.75 Å². The van der Waals surface area contributed by atoms with Gasteiger partial charge in [0, 0.05) is 34.8 Å². The van der Waals surface area contributed by atoms with E-state index in [1.54, 1.807) is 13.0 Å². The molecule has 2 heterocycles. The summed E-state index contributed by atoms with van der Waals surface area (Å²) in [7, 11) is 0. The number of aromatic amines is 1. The van der Waals surface area contributed by atoms with Gasteiger partial charge < -0.3 is 9.72 Å². The van der Waals surface area contributed by atoms with E-state index >= 15 is 0 Å². The fourth-order valence-electron chi connectivity index (χ4n) is 2.69. The predicted molar refractivity (Wildman–Crippen MR) is 82.0 cm³/mol. The van der Waals surface area contributed by atoms with Crippen LogP contribution >= 0.6 is 11.6 Å². The zero-order valence-electron chi connectivity index (χ0n) is 12.0. The zero-order chi connectivity index (χ0) is 16.7. The van der Waals surface area contributed by atoms with Crippen molar-refractivity contribution in [2.75, 3.05) is 0 Å². The molecular formula is C15H11ClN2O5. The third kappa shape index (κ3) is 2.70. The first-order valence-electron chi connectivity index (χ1n) is 6.75. The van der Waals surface area contributed by atoms with Crippen LogP contribution in [-0.4, -0.2) is 15.9 Å². The number of rotatable bonds is 2. The molecule has 118 valence electrons. The van der Waals surface area contributed by atoms with E-state index in [2.05, 4.69) is 4.98 Å². The van der Waals surface area contributed by atoms with E-state index in [-0.39, 0.29) is 28.4 Å². The minimum Gasteiger partial charge on any atom is -0.426 e. The van der Waals surface area contributed by atoms with Gasteiger partial charge in [-0.15, -0.1) is 0 Å². The van der Waals surface area contributed by atoms with Crippen molar-refractivity contribution in [2.24, 2.45) is 0 Å². The Kier molecular flexibility index (Phi) is 3.65. The molecule has 1 N–H and O–H groups in total. The molecule has 0 fully saturated rings. The highest BCUT2D eigenvalue weighted by atomic mass is 35.5. The number of pyridine rings is 1. The van der Waals surface area contributed by atoms with Crippen molar-refractivity contribution in [3.05, 3.63) is 66.6 Å². The molecule has 0 unspecified atom stereocenters. The fourth-order valence-corrected chi connectivity index (χ4v) is 2.94. The van der Waals surface area contributed by atoms with Crippen molar-refractivity contribution in [2.45, 2.75) is 19.3 Å². The molecule has 0 bridgehead atoms. The summed E-state index contributed by atoms with van der Waals surface area (Å²) < 4.78 is 5.13.